The van der Waals surface area contributed by atoms with Gasteiger partial charge in [-0.15, -0.1) is 0 Å². The van der Waals surface area contributed by atoms with Crippen molar-refractivity contribution >= 4 is 0 Å². The van der Waals surface area contributed by atoms with Crippen molar-refractivity contribution in [3.05, 3.63) is 35.9 Å². The monoisotopic (exact) mass is 246 g/mol. The van der Waals surface area contributed by atoms with E-state index in [9.17, 15) is 0 Å². The average molecular weight is 246 g/mol. The lowest BCUT2D eigenvalue weighted by atomic mass is 10.2. The molecule has 1 aliphatic rings. The Morgan fingerprint density at radius 3 is 2.61 bits per heavy atom. The third-order valence-electron chi connectivity index (χ3n) is 3.80. The molecule has 0 spiro atoms. The highest BCUT2D eigenvalue weighted by atomic mass is 15.1. The van der Waals surface area contributed by atoms with Crippen molar-refractivity contribution in [2.24, 2.45) is 0 Å². The molecule has 1 aromatic carbocycles. The second-order valence-electron chi connectivity index (χ2n) is 5.51. The Labute approximate surface area is 111 Å². The lowest BCUT2D eigenvalue weighted by Crippen LogP contribution is -2.29. The first-order valence-corrected chi connectivity index (χ1v) is 7.30. The topological polar surface area (TPSA) is 15.3 Å². The van der Waals surface area contributed by atoms with E-state index in [-0.39, 0.29) is 0 Å². The van der Waals surface area contributed by atoms with Gasteiger partial charge in [-0.05, 0) is 45.0 Å². The minimum Gasteiger partial charge on any atom is -0.314 e. The zero-order chi connectivity index (χ0) is 12.6. The summed E-state index contributed by atoms with van der Waals surface area (Å²) in [6, 6.07) is 11.5. The van der Waals surface area contributed by atoms with Crippen molar-refractivity contribution < 1.29 is 0 Å². The summed E-state index contributed by atoms with van der Waals surface area (Å²) in [5.41, 5.74) is 1.41. The molecule has 18 heavy (non-hydrogen) atoms. The normalized spacial score (nSPS) is 16.6. The molecule has 0 amide bonds. The number of nitrogens with zero attached hydrogens (tertiary/aromatic N) is 1. The van der Waals surface area contributed by atoms with Crippen LogP contribution in [-0.4, -0.2) is 31.1 Å². The predicted octanol–water partition coefficient (Wildman–Crippen LogP) is 3.04. The Balaban J connectivity index is 1.55. The van der Waals surface area contributed by atoms with Crippen molar-refractivity contribution in [2.45, 2.75) is 44.7 Å². The fourth-order valence-electron chi connectivity index (χ4n) is 2.76. The third kappa shape index (κ3) is 4.79. The smallest absolute Gasteiger partial charge is 0.0230 e. The van der Waals surface area contributed by atoms with E-state index < -0.39 is 0 Å². The second-order valence-corrected chi connectivity index (χ2v) is 5.51. The molecule has 2 nitrogen and oxygen atoms in total. The van der Waals surface area contributed by atoms with Gasteiger partial charge in [0.25, 0.3) is 0 Å². The molecule has 0 aliphatic heterocycles. The van der Waals surface area contributed by atoms with E-state index in [1.54, 1.807) is 0 Å². The third-order valence-corrected chi connectivity index (χ3v) is 3.80. The summed E-state index contributed by atoms with van der Waals surface area (Å²) in [5.74, 6) is 0. The zero-order valence-corrected chi connectivity index (χ0v) is 11.6. The molecule has 0 bridgehead atoms. The quantitative estimate of drug-likeness (QED) is 0.744. The Hall–Kier alpha value is -0.860. The molecular weight excluding hydrogens is 220 g/mol. The van der Waals surface area contributed by atoms with Gasteiger partial charge in [-0.3, -0.25) is 0 Å². The largest absolute Gasteiger partial charge is 0.314 e. The van der Waals surface area contributed by atoms with Gasteiger partial charge in [0.05, 0.1) is 0 Å². The van der Waals surface area contributed by atoms with Crippen LogP contribution in [0.2, 0.25) is 0 Å². The molecular formula is C16H26N2. The van der Waals surface area contributed by atoms with Gasteiger partial charge in [0.2, 0.25) is 0 Å². The molecule has 1 N–H and O–H groups in total. The van der Waals surface area contributed by atoms with Gasteiger partial charge in [-0.1, -0.05) is 43.2 Å². The fourth-order valence-corrected chi connectivity index (χ4v) is 2.76. The molecule has 1 aromatic rings. The summed E-state index contributed by atoms with van der Waals surface area (Å²) in [5, 5.41) is 3.67. The van der Waals surface area contributed by atoms with Crippen LogP contribution in [0, 0.1) is 0 Å². The van der Waals surface area contributed by atoms with E-state index in [0.29, 0.717) is 0 Å². The number of benzene rings is 1. The molecule has 1 aliphatic carbocycles. The molecule has 1 saturated carbocycles. The first-order chi connectivity index (χ1) is 8.84. The van der Waals surface area contributed by atoms with Gasteiger partial charge in [-0.2, -0.15) is 0 Å². The molecule has 0 saturated heterocycles. The van der Waals surface area contributed by atoms with Crippen LogP contribution in [0.15, 0.2) is 30.3 Å². The number of nitrogens with one attached hydrogen (secondary N) is 1. The lowest BCUT2D eigenvalue weighted by Gasteiger charge is -2.18. The maximum atomic E-state index is 3.67. The second kappa shape index (κ2) is 7.55. The maximum absolute atomic E-state index is 3.67. The average Bonchev–Trinajstić information content (AvgIpc) is 2.89. The van der Waals surface area contributed by atoms with Crippen LogP contribution in [0.1, 0.15) is 37.7 Å². The van der Waals surface area contributed by atoms with E-state index in [4.69, 9.17) is 0 Å². The summed E-state index contributed by atoms with van der Waals surface area (Å²) in [6.07, 6.45) is 6.87. The van der Waals surface area contributed by atoms with Crippen molar-refractivity contribution in [1.82, 2.24) is 10.2 Å². The Morgan fingerprint density at radius 1 is 1.17 bits per heavy atom. The first-order valence-electron chi connectivity index (χ1n) is 7.30. The van der Waals surface area contributed by atoms with Gasteiger partial charge in [0, 0.05) is 12.6 Å². The number of hydrogen-bond acceptors (Lipinski definition) is 2. The van der Waals surface area contributed by atoms with E-state index >= 15 is 0 Å². The van der Waals surface area contributed by atoms with Crippen LogP contribution < -0.4 is 5.32 Å². The van der Waals surface area contributed by atoms with Crippen LogP contribution in [-0.2, 0) is 6.54 Å². The first kappa shape index (κ1) is 13.6. The molecule has 0 radical (unpaired) electrons. The summed E-state index contributed by atoms with van der Waals surface area (Å²) < 4.78 is 0. The number of rotatable bonds is 7. The Morgan fingerprint density at radius 2 is 1.89 bits per heavy atom. The molecule has 2 heteroatoms. The molecule has 0 aromatic heterocycles. The Kier molecular flexibility index (Phi) is 5.69. The summed E-state index contributed by atoms with van der Waals surface area (Å²) in [7, 11) is 2.21. The number of hydrogen-bond donors (Lipinski definition) is 1. The van der Waals surface area contributed by atoms with E-state index in [1.807, 2.05) is 0 Å². The van der Waals surface area contributed by atoms with E-state index in [1.165, 1.54) is 50.8 Å². The maximum Gasteiger partial charge on any atom is 0.0230 e. The minimum absolute atomic E-state index is 0.810. The molecule has 2 rings (SSSR count). The minimum atomic E-state index is 0.810. The summed E-state index contributed by atoms with van der Waals surface area (Å²) in [4.78, 5) is 2.41. The molecule has 1 fully saturated rings. The van der Waals surface area contributed by atoms with Crippen molar-refractivity contribution in [1.29, 1.82) is 0 Å². The predicted molar refractivity (Wildman–Crippen MR) is 77.7 cm³/mol. The van der Waals surface area contributed by atoms with Crippen LogP contribution >= 0.6 is 0 Å². The highest BCUT2D eigenvalue weighted by Gasteiger charge is 2.13. The molecule has 100 valence electrons. The summed E-state index contributed by atoms with van der Waals surface area (Å²) in [6.45, 7) is 3.41. The zero-order valence-electron chi connectivity index (χ0n) is 11.6. The van der Waals surface area contributed by atoms with Crippen LogP contribution in [0.3, 0.4) is 0 Å². The van der Waals surface area contributed by atoms with Crippen LogP contribution in [0.25, 0.3) is 0 Å². The van der Waals surface area contributed by atoms with Crippen molar-refractivity contribution in [3.63, 3.8) is 0 Å². The van der Waals surface area contributed by atoms with Crippen molar-refractivity contribution in [2.75, 3.05) is 20.1 Å². The lowest BCUT2D eigenvalue weighted by molar-refractivity contribution is 0.316. The van der Waals surface area contributed by atoms with Gasteiger partial charge in [0.1, 0.15) is 0 Å². The van der Waals surface area contributed by atoms with Gasteiger partial charge in [0.15, 0.2) is 0 Å². The summed E-state index contributed by atoms with van der Waals surface area (Å²) >= 11 is 0. The molecule has 0 unspecified atom stereocenters. The van der Waals surface area contributed by atoms with Gasteiger partial charge in [-0.25, -0.2) is 0 Å². The van der Waals surface area contributed by atoms with E-state index in [0.717, 1.165) is 12.6 Å². The molecule has 0 heterocycles. The standard InChI is InChI=1S/C16H26N2/c1-18(14-15-8-3-2-4-9-15)13-7-12-17-16-10-5-6-11-16/h2-4,8-9,16-17H,5-7,10-14H2,1H3. The molecule has 0 atom stereocenters. The van der Waals surface area contributed by atoms with Crippen LogP contribution in [0.4, 0.5) is 0 Å². The van der Waals surface area contributed by atoms with E-state index in [2.05, 4.69) is 47.6 Å². The highest BCUT2D eigenvalue weighted by Crippen LogP contribution is 2.17. The Bertz CT molecular complexity index is 317. The van der Waals surface area contributed by atoms with Crippen molar-refractivity contribution in [3.8, 4) is 0 Å². The highest BCUT2D eigenvalue weighted by molar-refractivity contribution is 5.14. The SMILES string of the molecule is CN(CCCNC1CCCC1)Cc1ccccc1. The van der Waals surface area contributed by atoms with Crippen LogP contribution in [0.5, 0.6) is 0 Å². The fraction of sp³-hybridized carbons (Fsp3) is 0.625. The van der Waals surface area contributed by atoms with Gasteiger partial charge >= 0.3 is 0 Å². The van der Waals surface area contributed by atoms with Gasteiger partial charge < -0.3 is 10.2 Å².